The van der Waals surface area contributed by atoms with Crippen LogP contribution >= 0.6 is 43.5 Å². The van der Waals surface area contributed by atoms with Crippen LogP contribution in [0.5, 0.6) is 11.5 Å². The number of hydrogen-bond donors (Lipinski definition) is 1. The second-order valence-electron chi connectivity index (χ2n) is 6.55. The van der Waals surface area contributed by atoms with Gasteiger partial charge in [-0.25, -0.2) is 0 Å². The summed E-state index contributed by atoms with van der Waals surface area (Å²) in [6, 6.07) is 19.8. The standard InChI is InChI=1S/C24H17Br2ClN2O3/c1-31-22-12-15(10-17(13-28)24(30)29-19-8-6-18(27)7-9-19)11-21(26)23(22)32-14-16-4-2-3-5-20(16)25/h2-12H,14H2,1H3,(H,29,30)/b17-10+. The van der Waals surface area contributed by atoms with E-state index < -0.39 is 5.91 Å². The monoisotopic (exact) mass is 574 g/mol. The quantitative estimate of drug-likeness (QED) is 0.243. The molecule has 0 saturated heterocycles. The van der Waals surface area contributed by atoms with E-state index in [-0.39, 0.29) is 5.57 Å². The third kappa shape index (κ3) is 6.13. The van der Waals surface area contributed by atoms with Crippen LogP contribution in [-0.4, -0.2) is 13.0 Å². The van der Waals surface area contributed by atoms with Crippen molar-refractivity contribution in [3.05, 3.63) is 91.3 Å². The SMILES string of the molecule is COc1cc(/C=C(\C#N)C(=O)Nc2ccc(Cl)cc2)cc(Br)c1OCc1ccccc1Br. The normalized spacial score (nSPS) is 10.9. The summed E-state index contributed by atoms with van der Waals surface area (Å²) in [5, 5.41) is 12.7. The maximum Gasteiger partial charge on any atom is 0.266 e. The largest absolute Gasteiger partial charge is 0.493 e. The molecule has 0 aliphatic carbocycles. The molecule has 0 atom stereocenters. The first kappa shape index (κ1) is 23.9. The number of methoxy groups -OCH3 is 1. The smallest absolute Gasteiger partial charge is 0.266 e. The molecule has 162 valence electrons. The second kappa shape index (κ2) is 11.2. The summed E-state index contributed by atoms with van der Waals surface area (Å²) in [6.07, 6.45) is 1.48. The molecule has 3 aromatic rings. The number of ether oxygens (including phenoxy) is 2. The fourth-order valence-electron chi connectivity index (χ4n) is 2.78. The van der Waals surface area contributed by atoms with Gasteiger partial charge in [0, 0.05) is 20.7 Å². The van der Waals surface area contributed by atoms with Crippen LogP contribution in [0.3, 0.4) is 0 Å². The molecule has 1 N–H and O–H groups in total. The number of nitriles is 1. The van der Waals surface area contributed by atoms with E-state index in [0.29, 0.717) is 38.9 Å². The van der Waals surface area contributed by atoms with Crippen LogP contribution in [0.2, 0.25) is 5.02 Å². The van der Waals surface area contributed by atoms with Gasteiger partial charge in [-0.3, -0.25) is 4.79 Å². The van der Waals surface area contributed by atoms with Gasteiger partial charge in [0.25, 0.3) is 5.91 Å². The molecule has 1 amide bonds. The Hall–Kier alpha value is -2.79. The van der Waals surface area contributed by atoms with Crippen molar-refractivity contribution >= 4 is 61.1 Å². The molecule has 5 nitrogen and oxygen atoms in total. The first-order valence-electron chi connectivity index (χ1n) is 9.33. The van der Waals surface area contributed by atoms with Gasteiger partial charge in [-0.2, -0.15) is 5.26 Å². The minimum absolute atomic E-state index is 0.0595. The van der Waals surface area contributed by atoms with E-state index in [2.05, 4.69) is 37.2 Å². The molecule has 32 heavy (non-hydrogen) atoms. The predicted molar refractivity (Wildman–Crippen MR) is 133 cm³/mol. The number of carbonyl (C=O) groups is 1. The Morgan fingerprint density at radius 1 is 1.12 bits per heavy atom. The van der Waals surface area contributed by atoms with Crippen molar-refractivity contribution in [2.75, 3.05) is 12.4 Å². The number of halogens is 3. The van der Waals surface area contributed by atoms with Crippen molar-refractivity contribution in [2.45, 2.75) is 6.61 Å². The number of nitrogens with zero attached hydrogens (tertiary/aromatic N) is 1. The molecule has 0 aromatic heterocycles. The van der Waals surface area contributed by atoms with Crippen molar-refractivity contribution in [3.8, 4) is 17.6 Å². The molecule has 0 aliphatic rings. The second-order valence-corrected chi connectivity index (χ2v) is 8.69. The Morgan fingerprint density at radius 2 is 1.84 bits per heavy atom. The highest BCUT2D eigenvalue weighted by Gasteiger charge is 2.15. The van der Waals surface area contributed by atoms with E-state index in [1.54, 1.807) is 36.4 Å². The number of carbonyl (C=O) groups excluding carboxylic acids is 1. The molecular formula is C24H17Br2ClN2O3. The zero-order valence-electron chi connectivity index (χ0n) is 16.9. The summed E-state index contributed by atoms with van der Waals surface area (Å²) in [7, 11) is 1.53. The predicted octanol–water partition coefficient (Wildman–Crippen LogP) is 7.00. The molecule has 0 fully saturated rings. The molecule has 3 aromatic carbocycles. The van der Waals surface area contributed by atoms with E-state index >= 15 is 0 Å². The zero-order valence-corrected chi connectivity index (χ0v) is 20.8. The van der Waals surface area contributed by atoms with Gasteiger partial charge in [0.1, 0.15) is 18.2 Å². The molecule has 0 bridgehead atoms. The lowest BCUT2D eigenvalue weighted by Crippen LogP contribution is -2.13. The van der Waals surface area contributed by atoms with Crippen LogP contribution in [0.25, 0.3) is 6.08 Å². The lowest BCUT2D eigenvalue weighted by molar-refractivity contribution is -0.112. The fourth-order valence-corrected chi connectivity index (χ4v) is 3.87. The summed E-state index contributed by atoms with van der Waals surface area (Å²) in [6.45, 7) is 0.332. The van der Waals surface area contributed by atoms with Crippen LogP contribution in [0.1, 0.15) is 11.1 Å². The van der Waals surface area contributed by atoms with Gasteiger partial charge in [-0.15, -0.1) is 0 Å². The zero-order chi connectivity index (χ0) is 23.1. The number of anilines is 1. The van der Waals surface area contributed by atoms with Gasteiger partial charge in [0.2, 0.25) is 0 Å². The van der Waals surface area contributed by atoms with Gasteiger partial charge < -0.3 is 14.8 Å². The average Bonchev–Trinajstić information content (AvgIpc) is 2.78. The van der Waals surface area contributed by atoms with Gasteiger partial charge in [-0.1, -0.05) is 45.7 Å². The van der Waals surface area contributed by atoms with Crippen molar-refractivity contribution in [1.82, 2.24) is 0 Å². The molecule has 0 radical (unpaired) electrons. The van der Waals surface area contributed by atoms with E-state index in [1.807, 2.05) is 30.3 Å². The number of nitrogens with one attached hydrogen (secondary N) is 1. The Bertz CT molecular complexity index is 1200. The van der Waals surface area contributed by atoms with E-state index in [1.165, 1.54) is 13.2 Å². The number of benzene rings is 3. The molecule has 0 saturated carbocycles. The summed E-state index contributed by atoms with van der Waals surface area (Å²) in [4.78, 5) is 12.5. The van der Waals surface area contributed by atoms with E-state index in [0.717, 1.165) is 10.0 Å². The highest BCUT2D eigenvalue weighted by Crippen LogP contribution is 2.38. The van der Waals surface area contributed by atoms with E-state index in [9.17, 15) is 10.1 Å². The summed E-state index contributed by atoms with van der Waals surface area (Å²) < 4.78 is 13.0. The molecule has 0 heterocycles. The molecular weight excluding hydrogens is 560 g/mol. The van der Waals surface area contributed by atoms with E-state index in [4.69, 9.17) is 21.1 Å². The maximum absolute atomic E-state index is 12.5. The topological polar surface area (TPSA) is 71.3 Å². The molecule has 8 heteroatoms. The highest BCUT2D eigenvalue weighted by atomic mass is 79.9. The van der Waals surface area contributed by atoms with Crippen molar-refractivity contribution in [3.63, 3.8) is 0 Å². The van der Waals surface area contributed by atoms with Crippen molar-refractivity contribution < 1.29 is 14.3 Å². The molecule has 3 rings (SSSR count). The van der Waals surface area contributed by atoms with Gasteiger partial charge >= 0.3 is 0 Å². The van der Waals surface area contributed by atoms with Gasteiger partial charge in [0.15, 0.2) is 11.5 Å². The number of hydrogen-bond acceptors (Lipinski definition) is 4. The number of amides is 1. The average molecular weight is 577 g/mol. The summed E-state index contributed by atoms with van der Waals surface area (Å²) >= 11 is 12.9. The minimum Gasteiger partial charge on any atom is -0.493 e. The maximum atomic E-state index is 12.5. The first-order valence-corrected chi connectivity index (χ1v) is 11.3. The van der Waals surface area contributed by atoms with Crippen LogP contribution in [-0.2, 0) is 11.4 Å². The summed E-state index contributed by atoms with van der Waals surface area (Å²) in [5.41, 5.74) is 2.06. The molecule has 0 spiro atoms. The van der Waals surface area contributed by atoms with Gasteiger partial charge in [-0.05, 0) is 70.0 Å². The van der Waals surface area contributed by atoms with Crippen LogP contribution in [0.15, 0.2) is 75.2 Å². The Kier molecular flexibility index (Phi) is 8.34. The fraction of sp³-hybridized carbons (Fsp3) is 0.0833. The highest BCUT2D eigenvalue weighted by molar-refractivity contribution is 9.10. The summed E-state index contributed by atoms with van der Waals surface area (Å²) in [5.74, 6) is 0.455. The third-order valence-electron chi connectivity index (χ3n) is 4.36. The van der Waals surface area contributed by atoms with Crippen molar-refractivity contribution in [2.24, 2.45) is 0 Å². The number of rotatable bonds is 7. The molecule has 0 aliphatic heterocycles. The van der Waals surface area contributed by atoms with Crippen LogP contribution in [0, 0.1) is 11.3 Å². The van der Waals surface area contributed by atoms with Crippen LogP contribution in [0.4, 0.5) is 5.69 Å². The molecule has 0 unspecified atom stereocenters. The van der Waals surface area contributed by atoms with Gasteiger partial charge in [0.05, 0.1) is 11.6 Å². The Balaban J connectivity index is 1.82. The third-order valence-corrected chi connectivity index (χ3v) is 5.97. The minimum atomic E-state index is -0.529. The first-order chi connectivity index (χ1) is 15.4. The Labute approximate surface area is 207 Å². The van der Waals surface area contributed by atoms with Crippen LogP contribution < -0.4 is 14.8 Å². The van der Waals surface area contributed by atoms with Crippen molar-refractivity contribution in [1.29, 1.82) is 5.26 Å². The Morgan fingerprint density at radius 3 is 2.50 bits per heavy atom. The lowest BCUT2D eigenvalue weighted by Gasteiger charge is -2.14. The lowest BCUT2D eigenvalue weighted by atomic mass is 10.1.